The first kappa shape index (κ1) is 23.8. The molecule has 3 aliphatic rings. The van der Waals surface area contributed by atoms with Crippen LogP contribution in [0.2, 0.25) is 0 Å². The van der Waals surface area contributed by atoms with E-state index >= 15 is 0 Å². The fourth-order valence-corrected chi connectivity index (χ4v) is 4.50. The number of aromatic nitrogens is 1. The fourth-order valence-electron chi connectivity index (χ4n) is 4.50. The summed E-state index contributed by atoms with van der Waals surface area (Å²) in [6, 6.07) is 7.76. The normalized spacial score (nSPS) is 20.6. The Morgan fingerprint density at radius 1 is 1.16 bits per heavy atom. The van der Waals surface area contributed by atoms with Crippen molar-refractivity contribution in [2.75, 3.05) is 10.6 Å². The third-order valence-corrected chi connectivity index (χ3v) is 6.34. The second-order valence-corrected chi connectivity index (χ2v) is 8.80. The fraction of sp³-hybridized carbons (Fsp3) is 0.208. The summed E-state index contributed by atoms with van der Waals surface area (Å²) in [5.74, 6) is 0.624. The molecule has 10 nitrogen and oxygen atoms in total. The molecule has 196 valence electrons. The van der Waals surface area contributed by atoms with E-state index in [1.165, 1.54) is 6.20 Å². The van der Waals surface area contributed by atoms with Crippen LogP contribution in [0.3, 0.4) is 0 Å². The molecule has 0 bridgehead atoms. The zero-order chi connectivity index (χ0) is 26.6. The van der Waals surface area contributed by atoms with Crippen molar-refractivity contribution in [3.05, 3.63) is 71.2 Å². The van der Waals surface area contributed by atoms with Gasteiger partial charge in [0.25, 0.3) is 0 Å². The second-order valence-electron chi connectivity index (χ2n) is 8.80. The van der Waals surface area contributed by atoms with Crippen LogP contribution < -0.4 is 36.3 Å². The van der Waals surface area contributed by atoms with Gasteiger partial charge in [0.05, 0.1) is 23.7 Å². The second kappa shape index (κ2) is 8.76. The molecule has 1 aliphatic carbocycles. The molecule has 38 heavy (non-hydrogen) atoms. The van der Waals surface area contributed by atoms with Gasteiger partial charge in [-0.3, -0.25) is 10.7 Å². The number of carbonyl (C=O) groups excluding carboxylic acids is 2. The number of nitrogens with one attached hydrogen (secondary N) is 5. The Bertz CT molecular complexity index is 1470. The molecule has 1 fully saturated rings. The average molecular weight is 530 g/mol. The quantitative estimate of drug-likeness (QED) is 0.249. The van der Waals surface area contributed by atoms with Gasteiger partial charge in [0.1, 0.15) is 35.0 Å². The number of alkyl halides is 3. The molecule has 1 aromatic heterocycles. The topological polar surface area (TPSA) is 126 Å². The molecule has 3 atom stereocenters. The van der Waals surface area contributed by atoms with Gasteiger partial charge in [-0.15, -0.1) is 0 Å². The highest BCUT2D eigenvalue weighted by molar-refractivity contribution is 5.91. The van der Waals surface area contributed by atoms with Crippen molar-refractivity contribution in [3.8, 4) is 17.2 Å². The van der Waals surface area contributed by atoms with Crippen LogP contribution in [-0.4, -0.2) is 29.2 Å². The Hall–Kier alpha value is -4.59. The molecule has 0 saturated heterocycles. The predicted octanol–water partition coefficient (Wildman–Crippen LogP) is 4.22. The van der Waals surface area contributed by atoms with Crippen molar-refractivity contribution >= 4 is 23.6 Å². The predicted molar refractivity (Wildman–Crippen MR) is 124 cm³/mol. The van der Waals surface area contributed by atoms with Gasteiger partial charge in [-0.1, -0.05) is 0 Å². The molecular formula is C24H18F4N6O4. The summed E-state index contributed by atoms with van der Waals surface area (Å²) >= 11 is 0. The Morgan fingerprint density at radius 3 is 2.82 bits per heavy atom. The summed E-state index contributed by atoms with van der Waals surface area (Å²) in [5.41, 5.74) is 5.06. The Morgan fingerprint density at radius 2 is 2.00 bits per heavy atom. The molecule has 3 heterocycles. The number of pyridine rings is 1. The number of fused-ring (bicyclic) bond motifs is 4. The first-order valence-electron chi connectivity index (χ1n) is 11.4. The van der Waals surface area contributed by atoms with E-state index in [4.69, 9.17) is 9.47 Å². The van der Waals surface area contributed by atoms with Gasteiger partial charge in [-0.05, 0) is 42.5 Å². The maximum Gasteiger partial charge on any atom is 0.419 e. The number of ether oxygens (including phenoxy) is 2. The lowest BCUT2D eigenvalue weighted by Gasteiger charge is -2.20. The Kier molecular flexibility index (Phi) is 5.48. The van der Waals surface area contributed by atoms with Crippen LogP contribution in [0.25, 0.3) is 0 Å². The van der Waals surface area contributed by atoms with E-state index in [9.17, 15) is 27.2 Å². The third kappa shape index (κ3) is 4.38. The van der Waals surface area contributed by atoms with Crippen molar-refractivity contribution in [3.63, 3.8) is 0 Å². The van der Waals surface area contributed by atoms with Crippen LogP contribution in [0.15, 0.2) is 48.7 Å². The van der Waals surface area contributed by atoms with E-state index in [1.54, 1.807) is 18.2 Å². The number of nitrogens with zero attached hydrogens (tertiary/aromatic N) is 1. The van der Waals surface area contributed by atoms with Crippen molar-refractivity contribution in [1.82, 2.24) is 21.2 Å². The minimum Gasteiger partial charge on any atom is -0.488 e. The molecule has 2 aliphatic heterocycles. The van der Waals surface area contributed by atoms with Crippen molar-refractivity contribution in [2.45, 2.75) is 30.8 Å². The van der Waals surface area contributed by atoms with Crippen LogP contribution in [0.1, 0.15) is 22.6 Å². The van der Waals surface area contributed by atoms with Gasteiger partial charge in [0, 0.05) is 23.4 Å². The van der Waals surface area contributed by atoms with Crippen LogP contribution in [-0.2, 0) is 12.7 Å². The molecule has 0 unspecified atom stereocenters. The van der Waals surface area contributed by atoms with Gasteiger partial charge in [-0.25, -0.2) is 24.4 Å². The molecule has 3 aromatic rings. The zero-order valence-corrected chi connectivity index (χ0v) is 19.2. The Labute approximate surface area is 211 Å². The summed E-state index contributed by atoms with van der Waals surface area (Å²) in [6.07, 6.45) is -3.62. The maximum absolute atomic E-state index is 13.5. The SMILES string of the molecule is O=C(NN[C@@H]1[C@H]2Oc3ccc(Oc4ccnc5c4CNC(=O)N5)cc3[C@@H]12)Nc1ccc(F)c(C(F)(F)F)c1. The zero-order valence-electron chi connectivity index (χ0n) is 19.2. The lowest BCUT2D eigenvalue weighted by atomic mass is 10.1. The number of anilines is 2. The smallest absolute Gasteiger partial charge is 0.419 e. The number of amides is 4. The van der Waals surface area contributed by atoms with E-state index in [-0.39, 0.29) is 36.3 Å². The molecule has 4 amide bonds. The average Bonchev–Trinajstić information content (AvgIpc) is 3.42. The Balaban J connectivity index is 1.08. The first-order valence-corrected chi connectivity index (χ1v) is 11.4. The summed E-state index contributed by atoms with van der Waals surface area (Å²) in [7, 11) is 0. The lowest BCUT2D eigenvalue weighted by Crippen LogP contribution is -2.43. The minimum absolute atomic E-state index is 0.0937. The number of hydrazine groups is 1. The monoisotopic (exact) mass is 530 g/mol. The van der Waals surface area contributed by atoms with E-state index in [2.05, 4.69) is 31.8 Å². The van der Waals surface area contributed by atoms with Crippen LogP contribution in [0, 0.1) is 5.82 Å². The van der Waals surface area contributed by atoms with Crippen molar-refractivity contribution in [2.24, 2.45) is 0 Å². The van der Waals surface area contributed by atoms with Gasteiger partial charge >= 0.3 is 18.2 Å². The number of halogens is 4. The summed E-state index contributed by atoms with van der Waals surface area (Å²) in [5, 5.41) is 7.53. The molecule has 14 heteroatoms. The molecule has 0 spiro atoms. The highest BCUT2D eigenvalue weighted by Gasteiger charge is 2.59. The number of hydrogen-bond donors (Lipinski definition) is 5. The standard InChI is InChI=1S/C24H18F4N6O4/c25-15-3-1-10(7-14(15)24(26,27)28)31-23(36)34-33-19-18-12-8-11(2-4-16(12)38-20(18)19)37-17-5-6-29-21-13(17)9-30-22(35)32-21/h1-8,18-20,33H,9H2,(H2,31,34,36)(H2,29,30,32,35)/t18-,19-,20-/m0/s1. The molecule has 5 N–H and O–H groups in total. The number of benzene rings is 2. The molecule has 6 rings (SSSR count). The van der Waals surface area contributed by atoms with Gasteiger partial charge < -0.3 is 20.1 Å². The number of rotatable bonds is 5. The third-order valence-electron chi connectivity index (χ3n) is 6.34. The number of hydrogen-bond acceptors (Lipinski definition) is 6. The molecule has 2 aromatic carbocycles. The van der Waals surface area contributed by atoms with E-state index in [0.717, 1.165) is 11.6 Å². The van der Waals surface area contributed by atoms with Gasteiger partial charge in [0.2, 0.25) is 0 Å². The number of carbonyl (C=O) groups is 2. The lowest BCUT2D eigenvalue weighted by molar-refractivity contribution is -0.139. The van der Waals surface area contributed by atoms with Gasteiger partial charge in [0.15, 0.2) is 0 Å². The molecular weight excluding hydrogens is 512 g/mol. The minimum atomic E-state index is -4.89. The first-order chi connectivity index (χ1) is 18.2. The molecule has 1 saturated carbocycles. The van der Waals surface area contributed by atoms with Crippen molar-refractivity contribution < 1.29 is 36.6 Å². The summed E-state index contributed by atoms with van der Waals surface area (Å²) in [6.45, 7) is 0.262. The van der Waals surface area contributed by atoms with Gasteiger partial charge in [-0.2, -0.15) is 13.2 Å². The molecule has 0 radical (unpaired) electrons. The summed E-state index contributed by atoms with van der Waals surface area (Å²) in [4.78, 5) is 27.9. The van der Waals surface area contributed by atoms with E-state index < -0.39 is 23.6 Å². The highest BCUT2D eigenvalue weighted by atomic mass is 19.4. The summed E-state index contributed by atoms with van der Waals surface area (Å²) < 4.78 is 64.1. The number of urea groups is 2. The largest absolute Gasteiger partial charge is 0.488 e. The van der Waals surface area contributed by atoms with Crippen LogP contribution >= 0.6 is 0 Å². The van der Waals surface area contributed by atoms with Crippen molar-refractivity contribution in [1.29, 1.82) is 0 Å². The van der Waals surface area contributed by atoms with Crippen LogP contribution in [0.5, 0.6) is 17.2 Å². The van der Waals surface area contributed by atoms with Crippen LogP contribution in [0.4, 0.5) is 38.7 Å². The van der Waals surface area contributed by atoms with E-state index in [0.29, 0.717) is 40.8 Å². The maximum atomic E-state index is 13.5. The van der Waals surface area contributed by atoms with E-state index in [1.807, 2.05) is 6.07 Å². The highest BCUT2D eigenvalue weighted by Crippen LogP contribution is 2.54.